The van der Waals surface area contributed by atoms with E-state index in [1.54, 1.807) is 4.40 Å². The van der Waals surface area contributed by atoms with Gasteiger partial charge < -0.3 is 10.5 Å². The van der Waals surface area contributed by atoms with E-state index in [4.69, 9.17) is 10.5 Å². The normalized spacial score (nSPS) is 12.0. The number of aryl methyl sites for hydroxylation is 1. The van der Waals surface area contributed by atoms with Crippen LogP contribution in [-0.2, 0) is 4.79 Å². The monoisotopic (exact) mass is 381 g/mol. The number of primary amides is 1. The number of pyridine rings is 1. The van der Waals surface area contributed by atoms with Crippen LogP contribution in [0.4, 0.5) is 0 Å². The number of carbonyl (C=O) groups excluding carboxylic acids is 2. The molecule has 0 aliphatic heterocycles. The van der Waals surface area contributed by atoms with E-state index < -0.39 is 0 Å². The molecule has 144 valence electrons. The van der Waals surface area contributed by atoms with Crippen LogP contribution in [0.1, 0.15) is 56.2 Å². The number of imidazole rings is 1. The van der Waals surface area contributed by atoms with Crippen molar-refractivity contribution in [2.24, 2.45) is 17.6 Å². The quantitative estimate of drug-likeness (QED) is 0.672. The molecule has 0 spiro atoms. The molecular formula is C19H28ClN3O3. The molecule has 1 amide bonds. The Labute approximate surface area is 160 Å². The zero-order valence-electron chi connectivity index (χ0n) is 15.8. The zero-order valence-corrected chi connectivity index (χ0v) is 16.6. The number of fused-ring (bicyclic) bond motifs is 1. The summed E-state index contributed by atoms with van der Waals surface area (Å²) in [5, 5.41) is 0. The molecule has 1 atom stereocenters. The van der Waals surface area contributed by atoms with Crippen molar-refractivity contribution in [2.45, 2.75) is 47.0 Å². The minimum absolute atomic E-state index is 0. The van der Waals surface area contributed by atoms with Crippen LogP contribution in [0.25, 0.3) is 5.65 Å². The highest BCUT2D eigenvalue weighted by Gasteiger charge is 2.23. The van der Waals surface area contributed by atoms with Gasteiger partial charge in [0.25, 0.3) is 0 Å². The largest absolute Gasteiger partial charge is 0.490 e. The van der Waals surface area contributed by atoms with E-state index in [1.165, 1.54) is 0 Å². The van der Waals surface area contributed by atoms with Crippen molar-refractivity contribution in [2.75, 3.05) is 6.61 Å². The lowest BCUT2D eigenvalue weighted by Crippen LogP contribution is -2.21. The highest BCUT2D eigenvalue weighted by molar-refractivity contribution is 5.97. The molecule has 0 radical (unpaired) electrons. The number of Topliss-reactive ketones (excluding diaryl/α,β-unsaturated/α-hetero) is 1. The van der Waals surface area contributed by atoms with Crippen LogP contribution < -0.4 is 10.5 Å². The smallest absolute Gasteiger partial charge is 0.217 e. The number of ether oxygens (including phenoxy) is 1. The second-order valence-corrected chi connectivity index (χ2v) is 6.84. The lowest BCUT2D eigenvalue weighted by atomic mass is 9.88. The van der Waals surface area contributed by atoms with Crippen molar-refractivity contribution in [3.63, 3.8) is 0 Å². The van der Waals surface area contributed by atoms with Gasteiger partial charge in [0.05, 0.1) is 12.3 Å². The molecule has 0 saturated carbocycles. The van der Waals surface area contributed by atoms with Crippen LogP contribution in [-0.4, -0.2) is 27.7 Å². The van der Waals surface area contributed by atoms with Crippen LogP contribution >= 0.6 is 12.4 Å². The third kappa shape index (κ3) is 5.21. The molecule has 7 heteroatoms. The molecule has 2 aromatic heterocycles. The van der Waals surface area contributed by atoms with Crippen LogP contribution in [0.5, 0.6) is 5.75 Å². The maximum Gasteiger partial charge on any atom is 0.217 e. The van der Waals surface area contributed by atoms with Gasteiger partial charge in [-0.25, -0.2) is 4.98 Å². The van der Waals surface area contributed by atoms with Gasteiger partial charge in [0, 0.05) is 19.0 Å². The van der Waals surface area contributed by atoms with E-state index in [0.29, 0.717) is 35.3 Å². The molecule has 0 aliphatic rings. The molecule has 2 aromatic rings. The molecule has 0 fully saturated rings. The van der Waals surface area contributed by atoms with Crippen LogP contribution in [0.2, 0.25) is 0 Å². The number of hydrogen-bond acceptors (Lipinski definition) is 4. The Morgan fingerprint density at radius 3 is 2.58 bits per heavy atom. The third-order valence-electron chi connectivity index (χ3n) is 4.12. The van der Waals surface area contributed by atoms with Crippen LogP contribution in [0.3, 0.4) is 0 Å². The fraction of sp³-hybridized carbons (Fsp3) is 0.526. The molecule has 2 rings (SSSR count). The maximum atomic E-state index is 12.9. The molecule has 0 aromatic carbocycles. The summed E-state index contributed by atoms with van der Waals surface area (Å²) < 4.78 is 7.37. The Balaban J connectivity index is 0.00000338. The molecule has 0 bridgehead atoms. The van der Waals surface area contributed by atoms with Crippen molar-refractivity contribution in [3.8, 4) is 5.75 Å². The summed E-state index contributed by atoms with van der Waals surface area (Å²) in [6.45, 7) is 8.41. The molecular weight excluding hydrogens is 354 g/mol. The predicted octanol–water partition coefficient (Wildman–Crippen LogP) is 3.57. The predicted molar refractivity (Wildman–Crippen MR) is 104 cm³/mol. The Kier molecular flexibility index (Phi) is 8.08. The minimum Gasteiger partial charge on any atom is -0.490 e. The third-order valence-corrected chi connectivity index (χ3v) is 4.12. The maximum absolute atomic E-state index is 12.9. The number of halogens is 1. The van der Waals surface area contributed by atoms with Gasteiger partial charge in [-0.15, -0.1) is 12.4 Å². The Bertz CT molecular complexity index is 771. The zero-order chi connectivity index (χ0) is 18.6. The van der Waals surface area contributed by atoms with Gasteiger partial charge in [0.2, 0.25) is 5.91 Å². The molecule has 6 nitrogen and oxygen atoms in total. The highest BCUT2D eigenvalue weighted by Crippen LogP contribution is 2.26. The average molecular weight is 382 g/mol. The first-order valence-electron chi connectivity index (χ1n) is 8.75. The van der Waals surface area contributed by atoms with Gasteiger partial charge in [-0.3, -0.25) is 14.0 Å². The van der Waals surface area contributed by atoms with Gasteiger partial charge in [0.15, 0.2) is 17.2 Å². The van der Waals surface area contributed by atoms with Gasteiger partial charge in [-0.2, -0.15) is 0 Å². The molecule has 2 N–H and O–H groups in total. The summed E-state index contributed by atoms with van der Waals surface area (Å²) in [6.07, 6.45) is 3.11. The summed E-state index contributed by atoms with van der Waals surface area (Å²) in [7, 11) is 0. The fourth-order valence-corrected chi connectivity index (χ4v) is 3.31. The molecule has 26 heavy (non-hydrogen) atoms. The van der Waals surface area contributed by atoms with Crippen LogP contribution in [0.15, 0.2) is 18.3 Å². The Morgan fingerprint density at radius 2 is 2.00 bits per heavy atom. The first-order chi connectivity index (χ1) is 11.8. The number of hydrogen-bond donors (Lipinski definition) is 1. The van der Waals surface area contributed by atoms with E-state index in [2.05, 4.69) is 18.8 Å². The van der Waals surface area contributed by atoms with Crippen molar-refractivity contribution in [1.82, 2.24) is 9.38 Å². The average Bonchev–Trinajstić information content (AvgIpc) is 2.83. The topological polar surface area (TPSA) is 86.7 Å². The Hall–Kier alpha value is -2.08. The van der Waals surface area contributed by atoms with Gasteiger partial charge in [-0.05, 0) is 44.2 Å². The van der Waals surface area contributed by atoms with Gasteiger partial charge >= 0.3 is 0 Å². The Morgan fingerprint density at radius 1 is 1.31 bits per heavy atom. The number of aromatic nitrogens is 2. The summed E-state index contributed by atoms with van der Waals surface area (Å²) in [6, 6.07) is 3.68. The number of amides is 1. The van der Waals surface area contributed by atoms with E-state index >= 15 is 0 Å². The lowest BCUT2D eigenvalue weighted by Gasteiger charge is -2.17. The first kappa shape index (κ1) is 22.0. The first-order valence-corrected chi connectivity index (χ1v) is 8.75. The fourth-order valence-electron chi connectivity index (χ4n) is 3.31. The van der Waals surface area contributed by atoms with Crippen molar-refractivity contribution in [3.05, 3.63) is 29.7 Å². The highest BCUT2D eigenvalue weighted by atomic mass is 35.5. The number of nitrogens with two attached hydrogens (primary N) is 1. The second kappa shape index (κ2) is 9.57. The number of rotatable bonds is 9. The second-order valence-electron chi connectivity index (χ2n) is 6.84. The number of carbonyl (C=O) groups is 2. The standard InChI is InChI=1S/C19H27N3O3.ClH/c1-5-25-16-7-6-8-22-18(13(4)21-19(16)22)15(23)10-14(9-12(2)3)11-17(20)24;/h6-8,12,14H,5,9-11H2,1-4H3,(H2,20,24);1H/t14-;/m0./s1. The van der Waals surface area contributed by atoms with Crippen molar-refractivity contribution in [1.29, 1.82) is 0 Å². The van der Waals surface area contributed by atoms with Crippen molar-refractivity contribution < 1.29 is 14.3 Å². The summed E-state index contributed by atoms with van der Waals surface area (Å²) in [5.74, 6) is 0.607. The van der Waals surface area contributed by atoms with Crippen molar-refractivity contribution >= 4 is 29.7 Å². The number of ketones is 1. The van der Waals surface area contributed by atoms with E-state index in [9.17, 15) is 9.59 Å². The molecule has 2 heterocycles. The lowest BCUT2D eigenvalue weighted by molar-refractivity contribution is -0.119. The molecule has 0 aliphatic carbocycles. The van der Waals surface area contributed by atoms with E-state index in [1.807, 2.05) is 32.2 Å². The van der Waals surface area contributed by atoms with Crippen LogP contribution in [0, 0.1) is 18.8 Å². The summed E-state index contributed by atoms with van der Waals surface area (Å²) in [5.41, 5.74) is 7.21. The SMILES string of the molecule is CCOc1cccn2c(C(=O)C[C@@H](CC(N)=O)CC(C)C)c(C)nc12.Cl. The molecule has 0 unspecified atom stereocenters. The van der Waals surface area contributed by atoms with E-state index in [-0.39, 0.29) is 42.9 Å². The van der Waals surface area contributed by atoms with E-state index in [0.717, 1.165) is 6.42 Å². The van der Waals surface area contributed by atoms with Gasteiger partial charge in [0.1, 0.15) is 5.69 Å². The molecule has 0 saturated heterocycles. The summed E-state index contributed by atoms with van der Waals surface area (Å²) in [4.78, 5) is 28.8. The van der Waals surface area contributed by atoms with Gasteiger partial charge in [-0.1, -0.05) is 13.8 Å². The number of nitrogens with zero attached hydrogens (tertiary/aromatic N) is 2. The minimum atomic E-state index is -0.369. The summed E-state index contributed by atoms with van der Waals surface area (Å²) >= 11 is 0.